The number of rotatable bonds is 6. The molecule has 0 aromatic heterocycles. The summed E-state index contributed by atoms with van der Waals surface area (Å²) in [5.41, 5.74) is 1.00. The molecular weight excluding hydrogens is 396 g/mol. The number of aliphatic hydroxyl groups is 2. The Balaban J connectivity index is 1.97. The van der Waals surface area contributed by atoms with Gasteiger partial charge in [-0.05, 0) is 24.3 Å². The average Bonchev–Trinajstić information content (AvgIpc) is 2.83. The van der Waals surface area contributed by atoms with E-state index >= 15 is 0 Å². The van der Waals surface area contributed by atoms with Gasteiger partial charge in [-0.15, -0.1) is 12.8 Å². The molecule has 3 aromatic carbocycles. The first-order chi connectivity index (χ1) is 15.2. The van der Waals surface area contributed by atoms with Crippen molar-refractivity contribution in [1.82, 2.24) is 0 Å². The van der Waals surface area contributed by atoms with E-state index in [1.54, 1.807) is 24.3 Å². The van der Waals surface area contributed by atoms with Crippen LogP contribution < -0.4 is 9.80 Å². The molecule has 0 aliphatic heterocycles. The zero-order chi connectivity index (χ0) is 23.5. The third kappa shape index (κ3) is 4.07. The zero-order valence-corrected chi connectivity index (χ0v) is 18.9. The van der Waals surface area contributed by atoms with Crippen LogP contribution in [-0.4, -0.2) is 38.4 Å². The lowest BCUT2D eigenvalue weighted by atomic mass is 9.83. The van der Waals surface area contributed by atoms with E-state index in [2.05, 4.69) is 11.8 Å². The van der Waals surface area contributed by atoms with Crippen LogP contribution in [0.4, 0.5) is 11.4 Å². The van der Waals surface area contributed by atoms with E-state index < -0.39 is 11.2 Å². The van der Waals surface area contributed by atoms with Gasteiger partial charge in [0.2, 0.25) is 0 Å². The minimum Gasteiger partial charge on any atom is -0.378 e. The first kappa shape index (κ1) is 23.0. The molecule has 0 radical (unpaired) electrons. The van der Waals surface area contributed by atoms with Crippen LogP contribution in [0.1, 0.15) is 22.3 Å². The van der Waals surface area contributed by atoms with Crippen molar-refractivity contribution in [3.05, 3.63) is 95.1 Å². The van der Waals surface area contributed by atoms with Crippen molar-refractivity contribution in [2.45, 2.75) is 11.2 Å². The molecule has 0 amide bonds. The zero-order valence-electron chi connectivity index (χ0n) is 18.9. The average molecular weight is 425 g/mol. The third-order valence-corrected chi connectivity index (χ3v) is 5.74. The van der Waals surface area contributed by atoms with Crippen LogP contribution in [0.15, 0.2) is 72.8 Å². The first-order valence-corrected chi connectivity index (χ1v) is 10.2. The van der Waals surface area contributed by atoms with E-state index in [4.69, 9.17) is 12.8 Å². The van der Waals surface area contributed by atoms with Gasteiger partial charge in [0.25, 0.3) is 0 Å². The maximum absolute atomic E-state index is 11.3. The highest BCUT2D eigenvalue weighted by atomic mass is 16.3. The molecular formula is C28H28N2O2. The summed E-state index contributed by atoms with van der Waals surface area (Å²) >= 11 is 0. The van der Waals surface area contributed by atoms with Gasteiger partial charge < -0.3 is 20.0 Å². The second kappa shape index (κ2) is 8.81. The SMILES string of the molecule is C#CC(O)(c1ccc(N(C)C)cc1)c1ccc(C(O)(C#C)c2ccc(N(C)C)cc2)cc1. The molecule has 4 nitrogen and oxygen atoms in total. The van der Waals surface area contributed by atoms with E-state index in [1.807, 2.05) is 86.5 Å². The molecule has 0 aliphatic rings. The van der Waals surface area contributed by atoms with Gasteiger partial charge in [-0.3, -0.25) is 0 Å². The first-order valence-electron chi connectivity index (χ1n) is 10.2. The maximum Gasteiger partial charge on any atom is 0.176 e. The fraction of sp³-hybridized carbons (Fsp3) is 0.214. The van der Waals surface area contributed by atoms with Crippen LogP contribution in [0.3, 0.4) is 0 Å². The Labute approximate surface area is 190 Å². The number of benzene rings is 3. The normalized spacial score (nSPS) is 14.4. The van der Waals surface area contributed by atoms with Crippen LogP contribution in [0.25, 0.3) is 0 Å². The van der Waals surface area contributed by atoms with E-state index in [0.29, 0.717) is 22.3 Å². The van der Waals surface area contributed by atoms with Gasteiger partial charge in [-0.1, -0.05) is 60.4 Å². The van der Waals surface area contributed by atoms with Crippen molar-refractivity contribution < 1.29 is 10.2 Å². The summed E-state index contributed by atoms with van der Waals surface area (Å²) in [6, 6.07) is 21.7. The summed E-state index contributed by atoms with van der Waals surface area (Å²) in [4.78, 5) is 3.94. The van der Waals surface area contributed by atoms with Gasteiger partial charge in [0, 0.05) is 61.8 Å². The van der Waals surface area contributed by atoms with Gasteiger partial charge in [-0.25, -0.2) is 0 Å². The van der Waals surface area contributed by atoms with Crippen molar-refractivity contribution in [2.75, 3.05) is 38.0 Å². The molecule has 0 aliphatic carbocycles. The lowest BCUT2D eigenvalue weighted by Gasteiger charge is -2.27. The largest absolute Gasteiger partial charge is 0.378 e. The molecule has 0 spiro atoms. The summed E-state index contributed by atoms with van der Waals surface area (Å²) in [7, 11) is 7.78. The van der Waals surface area contributed by atoms with Gasteiger partial charge >= 0.3 is 0 Å². The molecule has 2 N–H and O–H groups in total. The summed E-state index contributed by atoms with van der Waals surface area (Å²) in [5, 5.41) is 22.6. The van der Waals surface area contributed by atoms with Crippen LogP contribution in [0.2, 0.25) is 0 Å². The minimum atomic E-state index is -1.61. The topological polar surface area (TPSA) is 46.9 Å². The van der Waals surface area contributed by atoms with Crippen molar-refractivity contribution in [3.63, 3.8) is 0 Å². The third-order valence-electron chi connectivity index (χ3n) is 5.74. The van der Waals surface area contributed by atoms with Crippen molar-refractivity contribution in [2.24, 2.45) is 0 Å². The maximum atomic E-state index is 11.3. The van der Waals surface area contributed by atoms with Gasteiger partial charge in [0.1, 0.15) is 0 Å². The molecule has 2 unspecified atom stereocenters. The Hall–Kier alpha value is -3.70. The second-order valence-electron chi connectivity index (χ2n) is 8.17. The molecule has 0 saturated carbocycles. The van der Waals surface area contributed by atoms with Crippen LogP contribution in [0, 0.1) is 24.7 Å². The Morgan fingerprint density at radius 1 is 0.531 bits per heavy atom. The Morgan fingerprint density at radius 2 is 0.750 bits per heavy atom. The molecule has 2 atom stereocenters. The summed E-state index contributed by atoms with van der Waals surface area (Å²) in [6.07, 6.45) is 11.5. The quantitative estimate of drug-likeness (QED) is 0.594. The highest BCUT2D eigenvalue weighted by molar-refractivity contribution is 5.54. The molecule has 0 saturated heterocycles. The summed E-state index contributed by atoms with van der Waals surface area (Å²) in [5.74, 6) is 5.03. The number of hydrogen-bond acceptors (Lipinski definition) is 4. The number of hydrogen-bond donors (Lipinski definition) is 2. The summed E-state index contributed by atoms with van der Waals surface area (Å²) < 4.78 is 0. The monoisotopic (exact) mass is 424 g/mol. The Kier molecular flexibility index (Phi) is 6.32. The fourth-order valence-electron chi connectivity index (χ4n) is 3.62. The molecule has 0 fully saturated rings. The van der Waals surface area contributed by atoms with E-state index in [9.17, 15) is 10.2 Å². The minimum absolute atomic E-state index is 0.517. The van der Waals surface area contributed by atoms with Crippen LogP contribution in [-0.2, 0) is 11.2 Å². The number of nitrogens with zero attached hydrogens (tertiary/aromatic N) is 2. The molecule has 3 rings (SSSR count). The lowest BCUT2D eigenvalue weighted by Crippen LogP contribution is -2.27. The molecule has 3 aromatic rings. The molecule has 0 bridgehead atoms. The Morgan fingerprint density at radius 3 is 0.938 bits per heavy atom. The van der Waals surface area contributed by atoms with Gasteiger partial charge in [0.15, 0.2) is 11.2 Å². The van der Waals surface area contributed by atoms with Gasteiger partial charge in [0.05, 0.1) is 0 Å². The van der Waals surface area contributed by atoms with E-state index in [0.717, 1.165) is 11.4 Å². The lowest BCUT2D eigenvalue weighted by molar-refractivity contribution is 0.141. The van der Waals surface area contributed by atoms with Crippen molar-refractivity contribution >= 4 is 11.4 Å². The fourth-order valence-corrected chi connectivity index (χ4v) is 3.62. The Bertz CT molecular complexity index is 1060. The standard InChI is InChI=1S/C28H28N2O2/c1-7-27(31,23-13-17-25(18-14-23)29(3)4)21-9-11-22(12-10-21)28(32,8-2)24-15-19-26(20-16-24)30(5)6/h1-2,9-20,31-32H,3-6H3. The molecule has 0 heterocycles. The molecule has 162 valence electrons. The predicted octanol–water partition coefficient (Wildman–Crippen LogP) is 3.56. The predicted molar refractivity (Wildman–Crippen MR) is 132 cm³/mol. The second-order valence-corrected chi connectivity index (χ2v) is 8.17. The number of anilines is 2. The highest BCUT2D eigenvalue weighted by Gasteiger charge is 2.32. The van der Waals surface area contributed by atoms with Gasteiger partial charge in [-0.2, -0.15) is 0 Å². The van der Waals surface area contributed by atoms with Crippen LogP contribution >= 0.6 is 0 Å². The molecule has 4 heteroatoms. The van der Waals surface area contributed by atoms with Crippen molar-refractivity contribution in [3.8, 4) is 24.7 Å². The van der Waals surface area contributed by atoms with Crippen molar-refractivity contribution in [1.29, 1.82) is 0 Å². The smallest absolute Gasteiger partial charge is 0.176 e. The van der Waals surface area contributed by atoms with E-state index in [-0.39, 0.29) is 0 Å². The highest BCUT2D eigenvalue weighted by Crippen LogP contribution is 2.34. The number of terminal acetylenes is 2. The summed E-state index contributed by atoms with van der Waals surface area (Å²) in [6.45, 7) is 0. The van der Waals surface area contributed by atoms with Crippen LogP contribution in [0.5, 0.6) is 0 Å². The molecule has 32 heavy (non-hydrogen) atoms. The van der Waals surface area contributed by atoms with E-state index in [1.165, 1.54) is 0 Å².